The molecule has 1 fully saturated rings. The molecule has 1 aliphatic heterocycles. The molecule has 1 heterocycles. The number of nitrogens with zero attached hydrogens (tertiary/aromatic N) is 1. The zero-order valence-electron chi connectivity index (χ0n) is 13.6. The molecule has 0 radical (unpaired) electrons. The minimum Gasteiger partial charge on any atom is -0.355 e. The smallest absolute Gasteiger partial charge is 0.238 e. The number of amides is 1. The summed E-state index contributed by atoms with van der Waals surface area (Å²) in [6.45, 7) is 11.7. The van der Waals surface area contributed by atoms with Crippen molar-refractivity contribution in [2.45, 2.75) is 39.8 Å². The average molecular weight is 289 g/mol. The molecule has 1 aromatic carbocycles. The van der Waals surface area contributed by atoms with Crippen LogP contribution in [0.5, 0.6) is 0 Å². The van der Waals surface area contributed by atoms with E-state index in [2.05, 4.69) is 54.5 Å². The predicted octanol–water partition coefficient (Wildman–Crippen LogP) is 1.77. The van der Waals surface area contributed by atoms with E-state index in [0.717, 1.165) is 19.6 Å². The molecule has 2 rings (SSSR count). The summed E-state index contributed by atoms with van der Waals surface area (Å²) in [5.74, 6) is 0.126. The van der Waals surface area contributed by atoms with E-state index in [1.54, 1.807) is 0 Å². The highest BCUT2D eigenvalue weighted by Gasteiger charge is 2.32. The summed E-state index contributed by atoms with van der Waals surface area (Å²) in [7, 11) is 0. The number of benzene rings is 1. The summed E-state index contributed by atoms with van der Waals surface area (Å²) < 4.78 is 0. The monoisotopic (exact) mass is 289 g/mol. The SMILES string of the molecule is CCNC(=O)C1CNCCN1C(C)c1cc(C)cc(C)c1. The third kappa shape index (κ3) is 3.83. The van der Waals surface area contributed by atoms with Crippen LogP contribution in [0.15, 0.2) is 18.2 Å². The molecule has 0 aliphatic carbocycles. The minimum absolute atomic E-state index is 0.0884. The zero-order valence-corrected chi connectivity index (χ0v) is 13.6. The molecule has 0 saturated carbocycles. The van der Waals surface area contributed by atoms with Crippen LogP contribution in [0.4, 0.5) is 0 Å². The number of hydrogen-bond acceptors (Lipinski definition) is 3. The first-order chi connectivity index (χ1) is 10.0. The second-order valence-electron chi connectivity index (χ2n) is 5.95. The number of rotatable bonds is 4. The molecular formula is C17H27N3O. The quantitative estimate of drug-likeness (QED) is 0.888. The average Bonchev–Trinajstić information content (AvgIpc) is 2.45. The molecule has 21 heavy (non-hydrogen) atoms. The van der Waals surface area contributed by atoms with Crippen molar-refractivity contribution in [1.82, 2.24) is 15.5 Å². The van der Waals surface area contributed by atoms with Crippen molar-refractivity contribution >= 4 is 5.91 Å². The third-order valence-corrected chi connectivity index (χ3v) is 4.16. The van der Waals surface area contributed by atoms with Gasteiger partial charge in [0.2, 0.25) is 5.91 Å². The van der Waals surface area contributed by atoms with Gasteiger partial charge >= 0.3 is 0 Å². The van der Waals surface area contributed by atoms with Gasteiger partial charge in [-0.1, -0.05) is 29.3 Å². The molecule has 0 bridgehead atoms. The summed E-state index contributed by atoms with van der Waals surface area (Å²) in [6.07, 6.45) is 0. The largest absolute Gasteiger partial charge is 0.355 e. The predicted molar refractivity (Wildman–Crippen MR) is 86.4 cm³/mol. The number of nitrogens with one attached hydrogen (secondary N) is 2. The molecule has 1 amide bonds. The van der Waals surface area contributed by atoms with Gasteiger partial charge in [0.1, 0.15) is 6.04 Å². The molecule has 2 unspecified atom stereocenters. The van der Waals surface area contributed by atoms with Crippen LogP contribution in [0.25, 0.3) is 0 Å². The minimum atomic E-state index is -0.0884. The van der Waals surface area contributed by atoms with Gasteiger partial charge in [0.25, 0.3) is 0 Å². The highest BCUT2D eigenvalue weighted by molar-refractivity contribution is 5.82. The third-order valence-electron chi connectivity index (χ3n) is 4.16. The van der Waals surface area contributed by atoms with Gasteiger partial charge in [0.15, 0.2) is 0 Å². The number of likely N-dealkylation sites (N-methyl/N-ethyl adjacent to an activating group) is 1. The molecule has 1 saturated heterocycles. The number of carbonyl (C=O) groups is 1. The van der Waals surface area contributed by atoms with Crippen LogP contribution in [0, 0.1) is 13.8 Å². The number of piperazine rings is 1. The maximum Gasteiger partial charge on any atom is 0.238 e. The molecule has 2 N–H and O–H groups in total. The van der Waals surface area contributed by atoms with Crippen molar-refractivity contribution in [1.29, 1.82) is 0 Å². The Morgan fingerprint density at radius 2 is 2.05 bits per heavy atom. The van der Waals surface area contributed by atoms with Crippen molar-refractivity contribution in [3.8, 4) is 0 Å². The van der Waals surface area contributed by atoms with Crippen LogP contribution in [0.2, 0.25) is 0 Å². The first kappa shape index (κ1) is 16.0. The van der Waals surface area contributed by atoms with Crippen molar-refractivity contribution in [2.24, 2.45) is 0 Å². The molecule has 1 aliphatic rings. The van der Waals surface area contributed by atoms with Crippen molar-refractivity contribution in [2.75, 3.05) is 26.2 Å². The highest BCUT2D eigenvalue weighted by Crippen LogP contribution is 2.25. The van der Waals surface area contributed by atoms with Gasteiger partial charge in [-0.25, -0.2) is 0 Å². The van der Waals surface area contributed by atoms with Crippen LogP contribution in [0.1, 0.15) is 36.6 Å². The summed E-state index contributed by atoms with van der Waals surface area (Å²) in [5.41, 5.74) is 3.85. The lowest BCUT2D eigenvalue weighted by Crippen LogP contribution is -2.58. The van der Waals surface area contributed by atoms with E-state index in [1.165, 1.54) is 16.7 Å². The fraction of sp³-hybridized carbons (Fsp3) is 0.588. The lowest BCUT2D eigenvalue weighted by molar-refractivity contribution is -0.128. The van der Waals surface area contributed by atoms with Crippen LogP contribution < -0.4 is 10.6 Å². The number of hydrogen-bond donors (Lipinski definition) is 2. The summed E-state index contributed by atoms with van der Waals surface area (Å²) in [5, 5.41) is 6.28. The topological polar surface area (TPSA) is 44.4 Å². The summed E-state index contributed by atoms with van der Waals surface area (Å²) >= 11 is 0. The second-order valence-corrected chi connectivity index (χ2v) is 5.95. The number of aryl methyl sites for hydroxylation is 2. The molecule has 1 aromatic rings. The van der Waals surface area contributed by atoms with Gasteiger partial charge in [-0.05, 0) is 33.3 Å². The van der Waals surface area contributed by atoms with Gasteiger partial charge in [-0.2, -0.15) is 0 Å². The fourth-order valence-electron chi connectivity index (χ4n) is 3.16. The molecule has 0 aromatic heterocycles. The molecule has 4 nitrogen and oxygen atoms in total. The Morgan fingerprint density at radius 3 is 2.67 bits per heavy atom. The van der Waals surface area contributed by atoms with Crippen LogP contribution >= 0.6 is 0 Å². The fourth-order valence-corrected chi connectivity index (χ4v) is 3.16. The Hall–Kier alpha value is -1.39. The van der Waals surface area contributed by atoms with E-state index >= 15 is 0 Å². The summed E-state index contributed by atoms with van der Waals surface area (Å²) in [6, 6.07) is 6.81. The van der Waals surface area contributed by atoms with Gasteiger partial charge < -0.3 is 10.6 Å². The van der Waals surface area contributed by atoms with Crippen molar-refractivity contribution in [3.05, 3.63) is 34.9 Å². The molecule has 0 spiro atoms. The van der Waals surface area contributed by atoms with Gasteiger partial charge in [0, 0.05) is 32.2 Å². The van der Waals surface area contributed by atoms with Crippen LogP contribution in [0.3, 0.4) is 0 Å². The van der Waals surface area contributed by atoms with Crippen molar-refractivity contribution < 1.29 is 4.79 Å². The van der Waals surface area contributed by atoms with E-state index in [4.69, 9.17) is 0 Å². The zero-order chi connectivity index (χ0) is 15.4. The van der Waals surface area contributed by atoms with E-state index in [-0.39, 0.29) is 18.0 Å². The maximum absolute atomic E-state index is 12.3. The Labute approximate surface area is 127 Å². The van der Waals surface area contributed by atoms with Crippen molar-refractivity contribution in [3.63, 3.8) is 0 Å². The second kappa shape index (κ2) is 7.05. The Bertz CT molecular complexity index is 481. The molecular weight excluding hydrogens is 262 g/mol. The normalized spacial score (nSPS) is 21.0. The van der Waals surface area contributed by atoms with E-state index in [9.17, 15) is 4.79 Å². The first-order valence-corrected chi connectivity index (χ1v) is 7.85. The van der Waals surface area contributed by atoms with E-state index in [1.807, 2.05) is 6.92 Å². The van der Waals surface area contributed by atoms with Crippen LogP contribution in [-0.4, -0.2) is 43.0 Å². The maximum atomic E-state index is 12.3. The van der Waals surface area contributed by atoms with Crippen LogP contribution in [-0.2, 0) is 4.79 Å². The lowest BCUT2D eigenvalue weighted by Gasteiger charge is -2.39. The Balaban J connectivity index is 2.21. The summed E-state index contributed by atoms with van der Waals surface area (Å²) in [4.78, 5) is 14.6. The Morgan fingerprint density at radius 1 is 1.38 bits per heavy atom. The van der Waals surface area contributed by atoms with E-state index in [0.29, 0.717) is 6.54 Å². The Kier molecular flexibility index (Phi) is 5.37. The lowest BCUT2D eigenvalue weighted by atomic mass is 9.99. The highest BCUT2D eigenvalue weighted by atomic mass is 16.2. The first-order valence-electron chi connectivity index (χ1n) is 7.85. The van der Waals surface area contributed by atoms with Gasteiger partial charge in [-0.15, -0.1) is 0 Å². The van der Waals surface area contributed by atoms with E-state index < -0.39 is 0 Å². The van der Waals surface area contributed by atoms with Gasteiger partial charge in [0.05, 0.1) is 0 Å². The molecule has 4 heteroatoms. The number of carbonyl (C=O) groups excluding carboxylic acids is 1. The van der Waals surface area contributed by atoms with Gasteiger partial charge in [-0.3, -0.25) is 9.69 Å². The molecule has 2 atom stereocenters. The molecule has 116 valence electrons. The standard InChI is InChI=1S/C17H27N3O/c1-5-19-17(21)16-11-18-6-7-20(16)14(4)15-9-12(2)8-13(3)10-15/h8-10,14,16,18H,5-7,11H2,1-4H3,(H,19,21).